The summed E-state index contributed by atoms with van der Waals surface area (Å²) in [7, 11) is 3.50. The molecule has 0 bridgehead atoms. The quantitative estimate of drug-likeness (QED) is 0.602. The first-order valence-electron chi connectivity index (χ1n) is 7.46. The normalized spacial score (nSPS) is 13.9. The smallest absolute Gasteiger partial charge is 0.410 e. The lowest BCUT2D eigenvalue weighted by Crippen LogP contribution is -2.44. The Labute approximate surface area is 129 Å². The van der Waals surface area contributed by atoms with Crippen molar-refractivity contribution in [3.8, 4) is 0 Å². The van der Waals surface area contributed by atoms with E-state index >= 15 is 0 Å². The molecule has 0 saturated heterocycles. The summed E-state index contributed by atoms with van der Waals surface area (Å²) in [5, 5.41) is 6.48. The standard InChI is InChI=1S/C15H32N4O2/c1-11(2)18-13(16-7)17-9-12(3)10-19(8)14(20)21-15(4,5)6/h11-12H,9-10H2,1-8H3,(H2,16,17,18). The van der Waals surface area contributed by atoms with Gasteiger partial charge in [-0.05, 0) is 40.5 Å². The molecule has 0 aromatic carbocycles. The zero-order valence-corrected chi connectivity index (χ0v) is 14.8. The summed E-state index contributed by atoms with van der Waals surface area (Å²) in [5.41, 5.74) is -0.462. The Kier molecular flexibility index (Phi) is 8.14. The molecule has 0 aliphatic rings. The van der Waals surface area contributed by atoms with E-state index in [1.807, 2.05) is 20.8 Å². The molecule has 0 fully saturated rings. The van der Waals surface area contributed by atoms with E-state index in [0.717, 1.165) is 12.5 Å². The van der Waals surface area contributed by atoms with E-state index in [1.165, 1.54) is 0 Å². The van der Waals surface area contributed by atoms with Crippen molar-refractivity contribution in [3.05, 3.63) is 0 Å². The molecule has 1 atom stereocenters. The molecule has 0 aromatic heterocycles. The third kappa shape index (κ3) is 9.98. The number of hydrogen-bond acceptors (Lipinski definition) is 3. The molecular weight excluding hydrogens is 268 g/mol. The van der Waals surface area contributed by atoms with E-state index in [0.29, 0.717) is 12.6 Å². The Hall–Kier alpha value is -1.46. The summed E-state index contributed by atoms with van der Waals surface area (Å²) in [6.45, 7) is 13.2. The van der Waals surface area contributed by atoms with Gasteiger partial charge in [-0.3, -0.25) is 4.99 Å². The third-order valence-electron chi connectivity index (χ3n) is 2.56. The summed E-state index contributed by atoms with van der Waals surface area (Å²) >= 11 is 0. The van der Waals surface area contributed by atoms with Gasteiger partial charge in [-0.25, -0.2) is 4.79 Å². The molecule has 0 aliphatic carbocycles. The van der Waals surface area contributed by atoms with Crippen LogP contribution in [0, 0.1) is 5.92 Å². The monoisotopic (exact) mass is 300 g/mol. The van der Waals surface area contributed by atoms with E-state index in [1.54, 1.807) is 19.0 Å². The molecule has 0 spiro atoms. The van der Waals surface area contributed by atoms with Gasteiger partial charge in [0.2, 0.25) is 0 Å². The van der Waals surface area contributed by atoms with Crippen LogP contribution < -0.4 is 10.6 Å². The van der Waals surface area contributed by atoms with Crippen LogP contribution in [0.15, 0.2) is 4.99 Å². The van der Waals surface area contributed by atoms with Crippen LogP contribution in [0.25, 0.3) is 0 Å². The molecule has 0 heterocycles. The van der Waals surface area contributed by atoms with Crippen LogP contribution in [0.4, 0.5) is 4.79 Å². The number of nitrogens with one attached hydrogen (secondary N) is 2. The maximum atomic E-state index is 11.9. The minimum absolute atomic E-state index is 0.285. The van der Waals surface area contributed by atoms with Crippen LogP contribution in [0.5, 0.6) is 0 Å². The lowest BCUT2D eigenvalue weighted by Gasteiger charge is -2.26. The maximum Gasteiger partial charge on any atom is 0.410 e. The maximum absolute atomic E-state index is 11.9. The molecular formula is C15H32N4O2. The first-order valence-corrected chi connectivity index (χ1v) is 7.46. The van der Waals surface area contributed by atoms with Gasteiger partial charge in [-0.1, -0.05) is 6.92 Å². The van der Waals surface area contributed by atoms with Gasteiger partial charge in [-0.2, -0.15) is 0 Å². The van der Waals surface area contributed by atoms with Gasteiger partial charge in [0.1, 0.15) is 5.60 Å². The summed E-state index contributed by atoms with van der Waals surface area (Å²) in [5.74, 6) is 1.06. The first-order chi connectivity index (χ1) is 9.55. The van der Waals surface area contributed by atoms with Gasteiger partial charge in [0.15, 0.2) is 5.96 Å². The van der Waals surface area contributed by atoms with Gasteiger partial charge in [0.25, 0.3) is 0 Å². The van der Waals surface area contributed by atoms with E-state index < -0.39 is 5.60 Å². The van der Waals surface area contributed by atoms with Crippen molar-refractivity contribution in [1.82, 2.24) is 15.5 Å². The molecule has 0 aliphatic heterocycles. The van der Waals surface area contributed by atoms with Crippen molar-refractivity contribution in [2.24, 2.45) is 10.9 Å². The van der Waals surface area contributed by atoms with Crippen molar-refractivity contribution < 1.29 is 9.53 Å². The number of ether oxygens (including phenoxy) is 1. The van der Waals surface area contributed by atoms with Crippen molar-refractivity contribution >= 4 is 12.1 Å². The van der Waals surface area contributed by atoms with E-state index in [-0.39, 0.29) is 12.0 Å². The molecule has 1 unspecified atom stereocenters. The lowest BCUT2D eigenvalue weighted by atomic mass is 10.1. The summed E-state index contributed by atoms with van der Waals surface area (Å²) in [4.78, 5) is 17.6. The average Bonchev–Trinajstić information content (AvgIpc) is 2.31. The predicted molar refractivity (Wildman–Crippen MR) is 87.7 cm³/mol. The second-order valence-corrected chi connectivity index (χ2v) is 6.72. The highest BCUT2D eigenvalue weighted by Crippen LogP contribution is 2.10. The van der Waals surface area contributed by atoms with Gasteiger partial charge < -0.3 is 20.3 Å². The highest BCUT2D eigenvalue weighted by molar-refractivity contribution is 5.79. The highest BCUT2D eigenvalue weighted by Gasteiger charge is 2.20. The minimum Gasteiger partial charge on any atom is -0.444 e. The van der Waals surface area contributed by atoms with E-state index in [9.17, 15) is 4.79 Å². The Morgan fingerprint density at radius 2 is 1.86 bits per heavy atom. The van der Waals surface area contributed by atoms with Crippen LogP contribution in [-0.4, -0.2) is 55.8 Å². The van der Waals surface area contributed by atoms with Crippen LogP contribution in [0.3, 0.4) is 0 Å². The number of rotatable bonds is 5. The summed E-state index contributed by atoms with van der Waals surface area (Å²) in [6, 6.07) is 0.330. The fourth-order valence-electron chi connectivity index (χ4n) is 1.69. The number of aliphatic imine (C=N–C) groups is 1. The average molecular weight is 300 g/mol. The first kappa shape index (κ1) is 19.5. The fraction of sp³-hybridized carbons (Fsp3) is 0.867. The highest BCUT2D eigenvalue weighted by atomic mass is 16.6. The molecule has 0 saturated carbocycles. The lowest BCUT2D eigenvalue weighted by molar-refractivity contribution is 0.0278. The van der Waals surface area contributed by atoms with E-state index in [4.69, 9.17) is 4.74 Å². The van der Waals surface area contributed by atoms with Crippen LogP contribution >= 0.6 is 0 Å². The van der Waals surface area contributed by atoms with Gasteiger partial charge in [0, 0.05) is 33.2 Å². The molecule has 6 nitrogen and oxygen atoms in total. The Balaban J connectivity index is 4.19. The van der Waals surface area contributed by atoms with Gasteiger partial charge in [0.05, 0.1) is 0 Å². The van der Waals surface area contributed by atoms with Crippen molar-refractivity contribution in [1.29, 1.82) is 0 Å². The van der Waals surface area contributed by atoms with Gasteiger partial charge in [-0.15, -0.1) is 0 Å². The zero-order valence-electron chi connectivity index (χ0n) is 14.8. The summed E-state index contributed by atoms with van der Waals surface area (Å²) in [6.07, 6.45) is -0.293. The van der Waals surface area contributed by atoms with Crippen LogP contribution in [0.1, 0.15) is 41.5 Å². The summed E-state index contributed by atoms with van der Waals surface area (Å²) < 4.78 is 5.33. The van der Waals surface area contributed by atoms with Gasteiger partial charge >= 0.3 is 6.09 Å². The molecule has 0 radical (unpaired) electrons. The number of guanidine groups is 1. The molecule has 2 N–H and O–H groups in total. The predicted octanol–water partition coefficient (Wildman–Crippen LogP) is 2.06. The molecule has 1 amide bonds. The fourth-order valence-corrected chi connectivity index (χ4v) is 1.69. The molecule has 21 heavy (non-hydrogen) atoms. The molecule has 124 valence electrons. The molecule has 6 heteroatoms. The van der Waals surface area contributed by atoms with Crippen molar-refractivity contribution in [3.63, 3.8) is 0 Å². The largest absolute Gasteiger partial charge is 0.444 e. The molecule has 0 rings (SSSR count). The Morgan fingerprint density at radius 3 is 2.29 bits per heavy atom. The zero-order chi connectivity index (χ0) is 16.6. The molecule has 0 aromatic rings. The van der Waals surface area contributed by atoms with Crippen LogP contribution in [0.2, 0.25) is 0 Å². The van der Waals surface area contributed by atoms with E-state index in [2.05, 4.69) is 36.4 Å². The Bertz CT molecular complexity index is 348. The SMILES string of the molecule is CN=C(NCC(C)CN(C)C(=O)OC(C)(C)C)NC(C)C. The number of amides is 1. The van der Waals surface area contributed by atoms with Crippen molar-refractivity contribution in [2.75, 3.05) is 27.2 Å². The second-order valence-electron chi connectivity index (χ2n) is 6.72. The minimum atomic E-state index is -0.462. The third-order valence-corrected chi connectivity index (χ3v) is 2.56. The Morgan fingerprint density at radius 1 is 1.29 bits per heavy atom. The number of carbonyl (C=O) groups is 1. The van der Waals surface area contributed by atoms with Crippen molar-refractivity contribution in [2.45, 2.75) is 53.2 Å². The number of carbonyl (C=O) groups excluding carboxylic acids is 1. The number of nitrogens with zero attached hydrogens (tertiary/aromatic N) is 2. The second kappa shape index (κ2) is 8.74. The number of hydrogen-bond donors (Lipinski definition) is 2. The van der Waals surface area contributed by atoms with Crippen LogP contribution in [-0.2, 0) is 4.74 Å². The topological polar surface area (TPSA) is 66.0 Å².